The molecule has 0 amide bonds. The van der Waals surface area contributed by atoms with Gasteiger partial charge in [-0.25, -0.2) is 0 Å². The van der Waals surface area contributed by atoms with Crippen molar-refractivity contribution in [2.45, 2.75) is 123 Å². The highest BCUT2D eigenvalue weighted by Gasteiger charge is 1.96. The fourth-order valence-corrected chi connectivity index (χ4v) is 2.89. The highest BCUT2D eigenvalue weighted by molar-refractivity contribution is 4.52. The van der Waals surface area contributed by atoms with Crippen LogP contribution in [-0.2, 0) is 9.47 Å². The molecule has 0 aliphatic heterocycles. The summed E-state index contributed by atoms with van der Waals surface area (Å²) in [6, 6.07) is 0. The Morgan fingerprint density at radius 3 is 1.48 bits per heavy atom. The molecule has 0 saturated carbocycles. The van der Waals surface area contributed by atoms with E-state index in [1.54, 1.807) is 6.26 Å². The second-order valence-corrected chi connectivity index (χ2v) is 7.18. The van der Waals surface area contributed by atoms with Crippen LogP contribution in [0.3, 0.4) is 0 Å². The lowest BCUT2D eigenvalue weighted by molar-refractivity contribution is -0.0558. The van der Waals surface area contributed by atoms with Crippen molar-refractivity contribution in [3.63, 3.8) is 0 Å². The minimum Gasteiger partial charge on any atom is -0.502 e. The van der Waals surface area contributed by atoms with E-state index in [4.69, 9.17) is 9.84 Å². The van der Waals surface area contributed by atoms with Crippen molar-refractivity contribution in [3.05, 3.63) is 25.7 Å². The molecule has 0 aromatic rings. The van der Waals surface area contributed by atoms with E-state index in [2.05, 4.69) is 24.8 Å². The SMILES string of the molecule is C=COC(O)CCC.C=COCCCCCCCCCCCCCCCC. The molecular formula is C24H48O3. The van der Waals surface area contributed by atoms with E-state index in [1.807, 2.05) is 6.92 Å². The van der Waals surface area contributed by atoms with E-state index < -0.39 is 6.29 Å². The topological polar surface area (TPSA) is 38.7 Å². The number of hydrogen-bond acceptors (Lipinski definition) is 3. The lowest BCUT2D eigenvalue weighted by atomic mass is 10.0. The summed E-state index contributed by atoms with van der Waals surface area (Å²) in [5, 5.41) is 8.76. The quantitative estimate of drug-likeness (QED) is 0.132. The standard InChI is InChI=1S/C18H36O.C6H12O2/c1-3-5-6-7-8-9-10-11-12-13-14-15-16-17-18-19-4-2;1-3-5-6(7)8-4-2/h4H,2-3,5-18H2,1H3;4,6-7H,2-3,5H2,1H3. The van der Waals surface area contributed by atoms with Crippen molar-refractivity contribution < 1.29 is 14.6 Å². The summed E-state index contributed by atoms with van der Waals surface area (Å²) in [6.07, 6.45) is 23.4. The van der Waals surface area contributed by atoms with Crippen LogP contribution in [0.25, 0.3) is 0 Å². The first kappa shape index (κ1) is 28.3. The third-order valence-corrected chi connectivity index (χ3v) is 4.52. The van der Waals surface area contributed by atoms with E-state index >= 15 is 0 Å². The van der Waals surface area contributed by atoms with E-state index in [-0.39, 0.29) is 0 Å². The van der Waals surface area contributed by atoms with Crippen LogP contribution >= 0.6 is 0 Å². The summed E-state index contributed by atoms with van der Waals surface area (Å²) in [5.74, 6) is 0. The zero-order valence-corrected chi connectivity index (χ0v) is 18.4. The molecule has 0 aliphatic carbocycles. The summed E-state index contributed by atoms with van der Waals surface area (Å²) < 4.78 is 9.71. The first-order valence-electron chi connectivity index (χ1n) is 11.4. The van der Waals surface area contributed by atoms with Crippen LogP contribution < -0.4 is 0 Å². The first-order valence-corrected chi connectivity index (χ1v) is 11.4. The fourth-order valence-electron chi connectivity index (χ4n) is 2.89. The van der Waals surface area contributed by atoms with Gasteiger partial charge in [0, 0.05) is 6.42 Å². The Bertz CT molecular complexity index is 279. The molecule has 1 unspecified atom stereocenters. The molecule has 1 atom stereocenters. The molecule has 0 fully saturated rings. The maximum Gasteiger partial charge on any atom is 0.196 e. The second kappa shape index (κ2) is 27.3. The summed E-state index contributed by atoms with van der Waals surface area (Å²) >= 11 is 0. The van der Waals surface area contributed by atoms with Gasteiger partial charge in [0.25, 0.3) is 0 Å². The van der Waals surface area contributed by atoms with Gasteiger partial charge in [-0.3, -0.25) is 0 Å². The molecule has 27 heavy (non-hydrogen) atoms. The van der Waals surface area contributed by atoms with Crippen molar-refractivity contribution >= 4 is 0 Å². The molecule has 0 rings (SSSR count). The number of hydrogen-bond donors (Lipinski definition) is 1. The van der Waals surface area contributed by atoms with Gasteiger partial charge in [0.1, 0.15) is 0 Å². The van der Waals surface area contributed by atoms with Crippen LogP contribution in [0.1, 0.15) is 117 Å². The molecule has 1 N–H and O–H groups in total. The molecule has 0 bridgehead atoms. The van der Waals surface area contributed by atoms with Gasteiger partial charge < -0.3 is 14.6 Å². The molecule has 162 valence electrons. The molecule has 0 aromatic heterocycles. The Morgan fingerprint density at radius 2 is 1.11 bits per heavy atom. The number of aliphatic hydroxyl groups excluding tert-OH is 1. The summed E-state index contributed by atoms with van der Waals surface area (Å²) in [6.45, 7) is 12.0. The minimum absolute atomic E-state index is 0.655. The van der Waals surface area contributed by atoms with Gasteiger partial charge in [-0.1, -0.05) is 117 Å². The Kier molecular flexibility index (Phi) is 28.5. The summed E-state index contributed by atoms with van der Waals surface area (Å²) in [7, 11) is 0. The Hall–Kier alpha value is -0.960. The van der Waals surface area contributed by atoms with Crippen LogP contribution in [0, 0.1) is 0 Å². The highest BCUT2D eigenvalue weighted by atomic mass is 16.6. The average Bonchev–Trinajstić information content (AvgIpc) is 2.66. The molecule has 0 aromatic carbocycles. The minimum atomic E-state index is -0.655. The maximum absolute atomic E-state index is 8.76. The molecule has 0 saturated heterocycles. The maximum atomic E-state index is 8.76. The van der Waals surface area contributed by atoms with E-state index in [1.165, 1.54) is 96.2 Å². The van der Waals surface area contributed by atoms with Crippen LogP contribution in [-0.4, -0.2) is 18.0 Å². The number of rotatable bonds is 20. The lowest BCUT2D eigenvalue weighted by Gasteiger charge is -2.06. The highest BCUT2D eigenvalue weighted by Crippen LogP contribution is 2.12. The zero-order chi connectivity index (χ0) is 20.4. The predicted molar refractivity (Wildman–Crippen MR) is 119 cm³/mol. The van der Waals surface area contributed by atoms with Gasteiger partial charge in [0.05, 0.1) is 19.1 Å². The van der Waals surface area contributed by atoms with Gasteiger partial charge in [0.2, 0.25) is 0 Å². The van der Waals surface area contributed by atoms with Gasteiger partial charge >= 0.3 is 0 Å². The van der Waals surface area contributed by atoms with Crippen LogP contribution in [0.2, 0.25) is 0 Å². The Balaban J connectivity index is 0. The molecule has 0 spiro atoms. The normalized spacial score (nSPS) is 11.2. The molecule has 0 radical (unpaired) electrons. The molecule has 0 aliphatic rings. The van der Waals surface area contributed by atoms with Crippen molar-refractivity contribution in [2.75, 3.05) is 6.61 Å². The smallest absolute Gasteiger partial charge is 0.196 e. The van der Waals surface area contributed by atoms with Crippen LogP contribution in [0.5, 0.6) is 0 Å². The van der Waals surface area contributed by atoms with Crippen molar-refractivity contribution in [3.8, 4) is 0 Å². The van der Waals surface area contributed by atoms with Crippen LogP contribution in [0.15, 0.2) is 25.7 Å². The molecule has 3 heteroatoms. The van der Waals surface area contributed by atoms with Crippen molar-refractivity contribution in [2.24, 2.45) is 0 Å². The predicted octanol–water partition coefficient (Wildman–Crippen LogP) is 7.89. The summed E-state index contributed by atoms with van der Waals surface area (Å²) in [5.41, 5.74) is 0. The first-order chi connectivity index (χ1) is 13.2. The third kappa shape index (κ3) is 30.0. The Morgan fingerprint density at radius 1 is 0.667 bits per heavy atom. The van der Waals surface area contributed by atoms with Gasteiger partial charge in [-0.15, -0.1) is 0 Å². The average molecular weight is 385 g/mol. The number of ether oxygens (including phenoxy) is 2. The van der Waals surface area contributed by atoms with Crippen molar-refractivity contribution in [1.29, 1.82) is 0 Å². The third-order valence-electron chi connectivity index (χ3n) is 4.52. The fraction of sp³-hybridized carbons (Fsp3) is 0.833. The summed E-state index contributed by atoms with van der Waals surface area (Å²) in [4.78, 5) is 0. The van der Waals surface area contributed by atoms with Crippen molar-refractivity contribution in [1.82, 2.24) is 0 Å². The molecular weight excluding hydrogens is 336 g/mol. The monoisotopic (exact) mass is 384 g/mol. The largest absolute Gasteiger partial charge is 0.502 e. The number of aliphatic hydroxyl groups is 1. The van der Waals surface area contributed by atoms with Gasteiger partial charge in [-0.05, 0) is 6.42 Å². The number of unbranched alkanes of at least 4 members (excludes halogenated alkanes) is 13. The van der Waals surface area contributed by atoms with Crippen LogP contribution in [0.4, 0.5) is 0 Å². The van der Waals surface area contributed by atoms with Gasteiger partial charge in [0.15, 0.2) is 6.29 Å². The lowest BCUT2D eigenvalue weighted by Crippen LogP contribution is -2.06. The second-order valence-electron chi connectivity index (χ2n) is 7.18. The molecule has 0 heterocycles. The molecule has 3 nitrogen and oxygen atoms in total. The van der Waals surface area contributed by atoms with E-state index in [0.29, 0.717) is 6.42 Å². The van der Waals surface area contributed by atoms with E-state index in [0.717, 1.165) is 13.0 Å². The van der Waals surface area contributed by atoms with E-state index in [9.17, 15) is 0 Å². The van der Waals surface area contributed by atoms with Gasteiger partial charge in [-0.2, -0.15) is 0 Å². The Labute approximate surface area is 170 Å². The zero-order valence-electron chi connectivity index (χ0n) is 18.4.